The van der Waals surface area contributed by atoms with E-state index in [0.29, 0.717) is 5.92 Å². The van der Waals surface area contributed by atoms with Gasteiger partial charge in [0.15, 0.2) is 0 Å². The van der Waals surface area contributed by atoms with Gasteiger partial charge in [-0.2, -0.15) is 0 Å². The maximum atomic E-state index is 2.34. The Labute approximate surface area is 71.8 Å². The van der Waals surface area contributed by atoms with Crippen molar-refractivity contribution in [2.45, 2.75) is 18.4 Å². The number of allylic oxidation sites excluding steroid dienone is 1. The van der Waals surface area contributed by atoms with Crippen LogP contribution in [0.1, 0.15) is 13.8 Å². The molecule has 2 heteroatoms. The highest BCUT2D eigenvalue weighted by atomic mass is 32.2. The molecule has 0 amide bonds. The topological polar surface area (TPSA) is 0 Å². The van der Waals surface area contributed by atoms with Crippen LogP contribution < -0.4 is 0 Å². The van der Waals surface area contributed by atoms with Gasteiger partial charge >= 0.3 is 0 Å². The maximum absolute atomic E-state index is 2.34. The first-order valence-electron chi connectivity index (χ1n) is 3.70. The zero-order valence-electron chi connectivity index (χ0n) is 6.54. The molecule has 0 bridgehead atoms. The third kappa shape index (κ3) is 3.02. The van der Waals surface area contributed by atoms with Gasteiger partial charge in [0.2, 0.25) is 0 Å². The van der Waals surface area contributed by atoms with Crippen molar-refractivity contribution in [3.63, 3.8) is 0 Å². The minimum Gasteiger partial charge on any atom is -0.143 e. The van der Waals surface area contributed by atoms with Gasteiger partial charge in [-0.05, 0) is 5.92 Å². The molecule has 1 heterocycles. The van der Waals surface area contributed by atoms with Crippen LogP contribution in [0.2, 0.25) is 0 Å². The average Bonchev–Trinajstić information content (AvgIpc) is 2.34. The average molecular weight is 174 g/mol. The van der Waals surface area contributed by atoms with Gasteiger partial charge in [0.25, 0.3) is 0 Å². The van der Waals surface area contributed by atoms with Crippen LogP contribution in [0.3, 0.4) is 0 Å². The molecule has 1 rings (SSSR count). The summed E-state index contributed by atoms with van der Waals surface area (Å²) < 4.78 is 0.752. The summed E-state index contributed by atoms with van der Waals surface area (Å²) in [5.41, 5.74) is 0. The van der Waals surface area contributed by atoms with E-state index in [2.05, 4.69) is 49.5 Å². The molecule has 0 spiro atoms. The Balaban J connectivity index is 2.23. The minimum atomic E-state index is 0.710. The summed E-state index contributed by atoms with van der Waals surface area (Å²) in [5.74, 6) is 3.37. The van der Waals surface area contributed by atoms with Gasteiger partial charge in [-0.3, -0.25) is 0 Å². The van der Waals surface area contributed by atoms with Crippen molar-refractivity contribution < 1.29 is 0 Å². The summed E-state index contributed by atoms with van der Waals surface area (Å²) in [5, 5.41) is 0. The molecule has 0 radical (unpaired) electrons. The SMILES string of the molecule is CC(C)/C=C/C1SCCS1. The highest BCUT2D eigenvalue weighted by molar-refractivity contribution is 8.20. The van der Waals surface area contributed by atoms with E-state index in [4.69, 9.17) is 0 Å². The second-order valence-electron chi connectivity index (χ2n) is 2.74. The fourth-order valence-electron chi connectivity index (χ4n) is 0.801. The van der Waals surface area contributed by atoms with Gasteiger partial charge < -0.3 is 0 Å². The van der Waals surface area contributed by atoms with Crippen LogP contribution in [0, 0.1) is 5.92 Å². The van der Waals surface area contributed by atoms with Crippen molar-refractivity contribution in [3.8, 4) is 0 Å². The number of hydrogen-bond acceptors (Lipinski definition) is 2. The first kappa shape index (κ1) is 8.54. The molecule has 0 unspecified atom stereocenters. The van der Waals surface area contributed by atoms with E-state index >= 15 is 0 Å². The predicted octanol–water partition coefficient (Wildman–Crippen LogP) is 3.00. The minimum absolute atomic E-state index is 0.710. The molecule has 1 saturated heterocycles. The normalized spacial score (nSPS) is 21.5. The zero-order valence-corrected chi connectivity index (χ0v) is 8.17. The van der Waals surface area contributed by atoms with Gasteiger partial charge in [0, 0.05) is 11.5 Å². The Morgan fingerprint density at radius 3 is 2.40 bits per heavy atom. The van der Waals surface area contributed by atoms with E-state index < -0.39 is 0 Å². The first-order chi connectivity index (χ1) is 4.79. The highest BCUT2D eigenvalue weighted by Crippen LogP contribution is 2.32. The third-order valence-electron chi connectivity index (χ3n) is 1.30. The molecule has 0 aromatic rings. The Bertz CT molecular complexity index is 112. The van der Waals surface area contributed by atoms with Crippen LogP contribution >= 0.6 is 23.5 Å². The lowest BCUT2D eigenvalue weighted by Crippen LogP contribution is -1.85. The number of rotatable bonds is 2. The molecular formula is C8H14S2. The summed E-state index contributed by atoms with van der Waals surface area (Å²) in [6.07, 6.45) is 4.64. The molecule has 0 aromatic heterocycles. The summed E-state index contributed by atoms with van der Waals surface area (Å²) in [6.45, 7) is 4.45. The lowest BCUT2D eigenvalue weighted by atomic mass is 10.2. The van der Waals surface area contributed by atoms with E-state index in [-0.39, 0.29) is 0 Å². The molecule has 0 atom stereocenters. The fraction of sp³-hybridized carbons (Fsp3) is 0.750. The van der Waals surface area contributed by atoms with Gasteiger partial charge in [0.1, 0.15) is 0 Å². The summed E-state index contributed by atoms with van der Waals surface area (Å²) in [6, 6.07) is 0. The number of thioether (sulfide) groups is 2. The molecule has 1 fully saturated rings. The smallest absolute Gasteiger partial charge is 0.0682 e. The van der Waals surface area contributed by atoms with Crippen LogP contribution in [0.25, 0.3) is 0 Å². The highest BCUT2D eigenvalue weighted by Gasteiger charge is 2.11. The van der Waals surface area contributed by atoms with Crippen molar-refractivity contribution in [2.24, 2.45) is 5.92 Å². The van der Waals surface area contributed by atoms with E-state index in [9.17, 15) is 0 Å². The molecule has 58 valence electrons. The van der Waals surface area contributed by atoms with Crippen molar-refractivity contribution in [3.05, 3.63) is 12.2 Å². The van der Waals surface area contributed by atoms with E-state index in [1.165, 1.54) is 11.5 Å². The molecule has 1 aliphatic rings. The molecule has 10 heavy (non-hydrogen) atoms. The van der Waals surface area contributed by atoms with E-state index in [0.717, 1.165) is 4.58 Å². The Morgan fingerprint density at radius 2 is 1.90 bits per heavy atom. The van der Waals surface area contributed by atoms with Crippen LogP contribution in [-0.4, -0.2) is 16.1 Å². The standard InChI is InChI=1S/C8H14S2/c1-7(2)3-4-8-9-5-6-10-8/h3-4,7-8H,5-6H2,1-2H3/b4-3+. The molecule has 0 aliphatic carbocycles. The lowest BCUT2D eigenvalue weighted by molar-refractivity contribution is 0.830. The van der Waals surface area contributed by atoms with Crippen LogP contribution in [0.15, 0.2) is 12.2 Å². The van der Waals surface area contributed by atoms with Gasteiger partial charge in [-0.25, -0.2) is 0 Å². The van der Waals surface area contributed by atoms with Crippen molar-refractivity contribution in [2.75, 3.05) is 11.5 Å². The van der Waals surface area contributed by atoms with Crippen LogP contribution in [0.5, 0.6) is 0 Å². The molecule has 0 nitrogen and oxygen atoms in total. The number of hydrogen-bond donors (Lipinski definition) is 0. The summed E-state index contributed by atoms with van der Waals surface area (Å²) in [4.78, 5) is 0. The second kappa shape index (κ2) is 4.35. The third-order valence-corrected chi connectivity index (χ3v) is 4.23. The van der Waals surface area contributed by atoms with E-state index in [1.807, 2.05) is 0 Å². The summed E-state index contributed by atoms with van der Waals surface area (Å²) in [7, 11) is 0. The molecule has 0 aromatic carbocycles. The quantitative estimate of drug-likeness (QED) is 0.590. The monoisotopic (exact) mass is 174 g/mol. The molecule has 1 aliphatic heterocycles. The van der Waals surface area contributed by atoms with Gasteiger partial charge in [-0.15, -0.1) is 23.5 Å². The second-order valence-corrected chi connectivity index (χ2v) is 5.54. The van der Waals surface area contributed by atoms with E-state index in [1.54, 1.807) is 0 Å². The molecular weight excluding hydrogens is 160 g/mol. The maximum Gasteiger partial charge on any atom is 0.0682 e. The predicted molar refractivity (Wildman–Crippen MR) is 52.7 cm³/mol. The molecule has 0 N–H and O–H groups in total. The Morgan fingerprint density at radius 1 is 1.30 bits per heavy atom. The first-order valence-corrected chi connectivity index (χ1v) is 5.80. The van der Waals surface area contributed by atoms with Gasteiger partial charge in [-0.1, -0.05) is 26.0 Å². The van der Waals surface area contributed by atoms with Crippen molar-refractivity contribution in [1.82, 2.24) is 0 Å². The van der Waals surface area contributed by atoms with Crippen molar-refractivity contribution >= 4 is 23.5 Å². The van der Waals surface area contributed by atoms with Crippen molar-refractivity contribution in [1.29, 1.82) is 0 Å². The Kier molecular flexibility index (Phi) is 3.71. The zero-order chi connectivity index (χ0) is 7.40. The Hall–Kier alpha value is 0.440. The molecule has 0 saturated carbocycles. The van der Waals surface area contributed by atoms with Crippen LogP contribution in [-0.2, 0) is 0 Å². The van der Waals surface area contributed by atoms with Crippen LogP contribution in [0.4, 0.5) is 0 Å². The summed E-state index contributed by atoms with van der Waals surface area (Å²) >= 11 is 4.12. The lowest BCUT2D eigenvalue weighted by Gasteiger charge is -1.99. The largest absolute Gasteiger partial charge is 0.143 e. The fourth-order valence-corrected chi connectivity index (χ4v) is 3.40. The van der Waals surface area contributed by atoms with Gasteiger partial charge in [0.05, 0.1) is 4.58 Å².